The van der Waals surface area contributed by atoms with Crippen molar-refractivity contribution in [2.75, 3.05) is 11.9 Å². The third-order valence-electron chi connectivity index (χ3n) is 3.51. The number of hydrogen-bond acceptors (Lipinski definition) is 6. The Morgan fingerprint density at radius 3 is 3.05 bits per heavy atom. The number of nitrogens with one attached hydrogen (secondary N) is 1. The van der Waals surface area contributed by atoms with Gasteiger partial charge in [-0.3, -0.25) is 10.1 Å². The molecule has 2 unspecified atom stereocenters. The van der Waals surface area contributed by atoms with Gasteiger partial charge in [-0.1, -0.05) is 6.42 Å². The second kappa shape index (κ2) is 6.30. The Morgan fingerprint density at radius 1 is 1.60 bits per heavy atom. The molecule has 106 valence electrons. The standard InChI is InChI=1S/C13H16N4O3/c14-6-10-5-12(17(19)20)13(16-8-10)15-7-9-2-1-3-11(18)4-9/h5,8-9,11,18H,1-4,7H2,(H,15,16). The Bertz CT molecular complexity index is 541. The van der Waals surface area contributed by atoms with Crippen molar-refractivity contribution in [3.63, 3.8) is 0 Å². The highest BCUT2D eigenvalue weighted by atomic mass is 16.6. The van der Waals surface area contributed by atoms with E-state index < -0.39 is 4.92 Å². The normalized spacial score (nSPS) is 22.0. The molecule has 20 heavy (non-hydrogen) atoms. The second-order valence-corrected chi connectivity index (χ2v) is 5.03. The Balaban J connectivity index is 2.05. The molecule has 7 nitrogen and oxygen atoms in total. The summed E-state index contributed by atoms with van der Waals surface area (Å²) in [7, 11) is 0. The molecular weight excluding hydrogens is 260 g/mol. The maximum atomic E-state index is 11.0. The summed E-state index contributed by atoms with van der Waals surface area (Å²) >= 11 is 0. The van der Waals surface area contributed by atoms with Crippen molar-refractivity contribution in [3.8, 4) is 6.07 Å². The molecule has 1 saturated carbocycles. The molecular formula is C13H16N4O3. The first kappa shape index (κ1) is 14.2. The van der Waals surface area contributed by atoms with Gasteiger partial charge in [-0.05, 0) is 25.2 Å². The van der Waals surface area contributed by atoms with Crippen molar-refractivity contribution < 1.29 is 10.0 Å². The summed E-state index contributed by atoms with van der Waals surface area (Å²) in [6, 6.07) is 3.05. The Kier molecular flexibility index (Phi) is 4.48. The van der Waals surface area contributed by atoms with Crippen molar-refractivity contribution in [3.05, 3.63) is 27.9 Å². The summed E-state index contributed by atoms with van der Waals surface area (Å²) < 4.78 is 0. The minimum absolute atomic E-state index is 0.162. The number of hydrogen-bond donors (Lipinski definition) is 2. The minimum Gasteiger partial charge on any atom is -0.393 e. The van der Waals surface area contributed by atoms with Crippen LogP contribution in [0.2, 0.25) is 0 Å². The highest BCUT2D eigenvalue weighted by Gasteiger charge is 2.22. The van der Waals surface area contributed by atoms with E-state index in [1.807, 2.05) is 6.07 Å². The molecule has 1 aliphatic rings. The third-order valence-corrected chi connectivity index (χ3v) is 3.51. The maximum Gasteiger partial charge on any atom is 0.312 e. The average Bonchev–Trinajstić information content (AvgIpc) is 2.45. The topological polar surface area (TPSA) is 112 Å². The first-order valence-electron chi connectivity index (χ1n) is 6.56. The van der Waals surface area contributed by atoms with Crippen LogP contribution in [0.25, 0.3) is 0 Å². The molecule has 0 radical (unpaired) electrons. The molecule has 7 heteroatoms. The molecule has 0 spiro atoms. The number of anilines is 1. The van der Waals surface area contributed by atoms with E-state index in [2.05, 4.69) is 10.3 Å². The smallest absolute Gasteiger partial charge is 0.312 e. The molecule has 0 aliphatic heterocycles. The predicted octanol–water partition coefficient (Wildman–Crippen LogP) is 1.82. The van der Waals surface area contributed by atoms with Gasteiger partial charge >= 0.3 is 5.69 Å². The number of aromatic nitrogens is 1. The summed E-state index contributed by atoms with van der Waals surface area (Å²) in [5.41, 5.74) is -0.0317. The maximum absolute atomic E-state index is 11.0. The fourth-order valence-electron chi connectivity index (χ4n) is 2.48. The van der Waals surface area contributed by atoms with Gasteiger partial charge in [0.2, 0.25) is 5.82 Å². The van der Waals surface area contributed by atoms with Crippen molar-refractivity contribution in [2.45, 2.75) is 31.8 Å². The first-order chi connectivity index (χ1) is 9.60. The first-order valence-corrected chi connectivity index (χ1v) is 6.56. The van der Waals surface area contributed by atoms with Crippen LogP contribution < -0.4 is 5.32 Å². The molecule has 0 bridgehead atoms. The summed E-state index contributed by atoms with van der Waals surface area (Å²) in [4.78, 5) is 14.4. The molecule has 2 rings (SSSR count). The second-order valence-electron chi connectivity index (χ2n) is 5.03. The Hall–Kier alpha value is -2.20. The van der Waals surface area contributed by atoms with Crippen LogP contribution >= 0.6 is 0 Å². The molecule has 1 aromatic rings. The van der Waals surface area contributed by atoms with Gasteiger partial charge in [-0.2, -0.15) is 5.26 Å². The Morgan fingerprint density at radius 2 is 2.40 bits per heavy atom. The highest BCUT2D eigenvalue weighted by molar-refractivity contribution is 5.58. The summed E-state index contributed by atoms with van der Waals surface area (Å²) in [6.45, 7) is 0.538. The van der Waals surface area contributed by atoms with E-state index in [4.69, 9.17) is 5.26 Å². The largest absolute Gasteiger partial charge is 0.393 e. The van der Waals surface area contributed by atoms with Gasteiger partial charge in [0, 0.05) is 18.8 Å². The van der Waals surface area contributed by atoms with Crippen molar-refractivity contribution in [2.24, 2.45) is 5.92 Å². The van der Waals surface area contributed by atoms with E-state index in [9.17, 15) is 15.2 Å². The number of aliphatic hydroxyl groups excluding tert-OH is 1. The quantitative estimate of drug-likeness (QED) is 0.640. The summed E-state index contributed by atoms with van der Waals surface area (Å²) in [5, 5.41) is 32.3. The van der Waals surface area contributed by atoms with Gasteiger partial charge < -0.3 is 10.4 Å². The molecule has 2 N–H and O–H groups in total. The lowest BCUT2D eigenvalue weighted by Crippen LogP contribution is -2.25. The molecule has 1 aromatic heterocycles. The van der Waals surface area contributed by atoms with Crippen molar-refractivity contribution in [1.82, 2.24) is 4.98 Å². The van der Waals surface area contributed by atoms with E-state index in [1.54, 1.807) is 0 Å². The number of nitro groups is 1. The number of nitriles is 1. The van der Waals surface area contributed by atoms with Gasteiger partial charge in [-0.25, -0.2) is 4.98 Å². The van der Waals surface area contributed by atoms with Crippen LogP contribution in [0.4, 0.5) is 11.5 Å². The van der Waals surface area contributed by atoms with Crippen molar-refractivity contribution in [1.29, 1.82) is 5.26 Å². The molecule has 0 saturated heterocycles. The Labute approximate surface area is 116 Å². The van der Waals surface area contributed by atoms with E-state index in [1.165, 1.54) is 12.3 Å². The van der Waals surface area contributed by atoms with Crippen LogP contribution in [-0.2, 0) is 0 Å². The fraction of sp³-hybridized carbons (Fsp3) is 0.538. The van der Waals surface area contributed by atoms with E-state index in [0.29, 0.717) is 13.0 Å². The van der Waals surface area contributed by atoms with Crippen LogP contribution in [0.1, 0.15) is 31.2 Å². The van der Waals surface area contributed by atoms with Gasteiger partial charge in [0.1, 0.15) is 6.07 Å². The van der Waals surface area contributed by atoms with Gasteiger partial charge in [0.05, 0.1) is 16.6 Å². The predicted molar refractivity (Wildman–Crippen MR) is 72.1 cm³/mol. The van der Waals surface area contributed by atoms with E-state index in [-0.39, 0.29) is 29.1 Å². The zero-order chi connectivity index (χ0) is 14.5. The molecule has 1 aliphatic carbocycles. The molecule has 1 fully saturated rings. The molecule has 0 aromatic carbocycles. The lowest BCUT2D eigenvalue weighted by atomic mass is 9.87. The van der Waals surface area contributed by atoms with E-state index >= 15 is 0 Å². The summed E-state index contributed by atoms with van der Waals surface area (Å²) in [5.74, 6) is 0.463. The van der Waals surface area contributed by atoms with Crippen LogP contribution in [-0.4, -0.2) is 27.7 Å². The number of nitrogens with zero attached hydrogens (tertiary/aromatic N) is 3. The van der Waals surface area contributed by atoms with Gasteiger partial charge in [-0.15, -0.1) is 0 Å². The lowest BCUT2D eigenvalue weighted by Gasteiger charge is -2.25. The average molecular weight is 276 g/mol. The van der Waals surface area contributed by atoms with Crippen LogP contribution in [0.3, 0.4) is 0 Å². The monoisotopic (exact) mass is 276 g/mol. The fourth-order valence-corrected chi connectivity index (χ4v) is 2.48. The zero-order valence-corrected chi connectivity index (χ0v) is 11.0. The summed E-state index contributed by atoms with van der Waals surface area (Å²) in [6.07, 6.45) is 4.53. The van der Waals surface area contributed by atoms with Crippen LogP contribution in [0, 0.1) is 27.4 Å². The number of aliphatic hydroxyl groups is 1. The number of pyridine rings is 1. The lowest BCUT2D eigenvalue weighted by molar-refractivity contribution is -0.384. The van der Waals surface area contributed by atoms with Gasteiger partial charge in [0.15, 0.2) is 0 Å². The highest BCUT2D eigenvalue weighted by Crippen LogP contribution is 2.27. The SMILES string of the molecule is N#Cc1cnc(NCC2CCCC(O)C2)c([N+](=O)[O-])c1. The minimum atomic E-state index is -0.550. The molecule has 2 atom stereocenters. The third kappa shape index (κ3) is 3.42. The van der Waals surface area contributed by atoms with Gasteiger partial charge in [0.25, 0.3) is 0 Å². The van der Waals surface area contributed by atoms with Crippen LogP contribution in [0.5, 0.6) is 0 Å². The number of rotatable bonds is 4. The van der Waals surface area contributed by atoms with Crippen LogP contribution in [0.15, 0.2) is 12.3 Å². The van der Waals surface area contributed by atoms with E-state index in [0.717, 1.165) is 19.3 Å². The molecule has 0 amide bonds. The zero-order valence-electron chi connectivity index (χ0n) is 11.0. The molecule has 1 heterocycles. The van der Waals surface area contributed by atoms with Crippen molar-refractivity contribution >= 4 is 11.5 Å².